The fourth-order valence-corrected chi connectivity index (χ4v) is 9.69. The molecule has 9 rings (SSSR count). The van der Waals surface area contributed by atoms with E-state index in [1.165, 1.54) is 49.2 Å². The summed E-state index contributed by atoms with van der Waals surface area (Å²) in [5, 5.41) is 4.89. The summed E-state index contributed by atoms with van der Waals surface area (Å²) in [6, 6.07) is 59.9. The summed E-state index contributed by atoms with van der Waals surface area (Å²) in [6.07, 6.45) is 1.93. The molecule has 0 bridgehead atoms. The van der Waals surface area contributed by atoms with E-state index in [4.69, 9.17) is 4.98 Å². The summed E-state index contributed by atoms with van der Waals surface area (Å²) >= 11 is 0. The topological polar surface area (TPSA) is 24.3 Å². The second-order valence-corrected chi connectivity index (χ2v) is 18.0. The molecule has 0 fully saturated rings. The van der Waals surface area contributed by atoms with Crippen LogP contribution in [0.15, 0.2) is 152 Å². The van der Waals surface area contributed by atoms with Crippen LogP contribution in [0.5, 0.6) is 0 Å². The summed E-state index contributed by atoms with van der Waals surface area (Å²) in [4.78, 5) is 9.64. The molecule has 0 radical (unpaired) electrons. The minimum Gasteiger partial charge on any atom is -0.355 e. The van der Waals surface area contributed by atoms with E-state index in [-0.39, 0.29) is 21.1 Å². The van der Waals surface area contributed by atoms with Crippen LogP contribution in [0.25, 0.3) is 49.9 Å². The van der Waals surface area contributed by atoms with Crippen molar-refractivity contribution in [3.63, 3.8) is 0 Å². The smallest absolute Gasteiger partial charge is 0.355 e. The Labute approximate surface area is 314 Å². The van der Waals surface area contributed by atoms with Gasteiger partial charge < -0.3 is 14.4 Å². The van der Waals surface area contributed by atoms with Gasteiger partial charge >= 0.3 is 21.1 Å². The van der Waals surface area contributed by atoms with E-state index in [1.54, 1.807) is 0 Å². The van der Waals surface area contributed by atoms with Crippen LogP contribution in [0, 0.1) is 12.1 Å². The van der Waals surface area contributed by atoms with Crippen molar-refractivity contribution >= 4 is 57.3 Å². The molecule has 4 nitrogen and oxygen atoms in total. The molecule has 6 heteroatoms. The number of fused-ring (bicyclic) bond motifs is 4. The molecule has 250 valence electrons. The van der Waals surface area contributed by atoms with Crippen molar-refractivity contribution in [1.82, 2.24) is 9.55 Å². The molecule has 1 aliphatic rings. The summed E-state index contributed by atoms with van der Waals surface area (Å²) in [7, 11) is -0.0801. The third kappa shape index (κ3) is 5.62. The molecule has 0 N–H and O–H groups in total. The third-order valence-electron chi connectivity index (χ3n) is 10.2. The number of para-hydroxylation sites is 3. The van der Waals surface area contributed by atoms with Crippen LogP contribution >= 0.6 is 0 Å². The van der Waals surface area contributed by atoms with Crippen molar-refractivity contribution in [2.45, 2.75) is 13.1 Å². The molecular formula is C45H36N4PtSi. The van der Waals surface area contributed by atoms with Gasteiger partial charge in [0, 0.05) is 18.8 Å². The zero-order valence-corrected chi connectivity index (χ0v) is 32.0. The monoisotopic (exact) mass is 855 g/mol. The maximum absolute atomic E-state index is 4.98. The van der Waals surface area contributed by atoms with E-state index >= 15 is 0 Å². The van der Waals surface area contributed by atoms with Crippen molar-refractivity contribution in [2.24, 2.45) is 0 Å². The number of anilines is 3. The average molecular weight is 856 g/mol. The Kier molecular flexibility index (Phi) is 8.50. The van der Waals surface area contributed by atoms with Gasteiger partial charge in [0.05, 0.1) is 26.1 Å². The largest absolute Gasteiger partial charge is 2.00 e. The standard InChI is InChI=1S/C45H36N4Si.Pt/c1-47-31-48(43-23-12-11-22-42(43)47)34-16-13-17-35(29-34)50(2,3)36-24-25-40-39-20-9-10-21-41(39)49(44(40)30-36)45-28-33(26-27-46-45)38-19-8-7-18-37(38)32-14-5-4-6-15-32;/h4-28H,31H2,1-3H3;/q-2;+2. The van der Waals surface area contributed by atoms with Gasteiger partial charge in [-0.2, -0.15) is 46.8 Å². The van der Waals surface area contributed by atoms with Gasteiger partial charge in [0.15, 0.2) is 0 Å². The summed E-state index contributed by atoms with van der Waals surface area (Å²) in [5.41, 5.74) is 10.5. The second kappa shape index (κ2) is 13.2. The molecule has 6 aromatic carbocycles. The first kappa shape index (κ1) is 32.9. The van der Waals surface area contributed by atoms with E-state index in [2.05, 4.69) is 192 Å². The Morgan fingerprint density at radius 3 is 2.12 bits per heavy atom. The predicted octanol–water partition coefficient (Wildman–Crippen LogP) is 9.48. The van der Waals surface area contributed by atoms with Crippen LogP contribution < -0.4 is 20.2 Å². The zero-order chi connectivity index (χ0) is 33.8. The Morgan fingerprint density at radius 1 is 0.608 bits per heavy atom. The molecule has 0 atom stereocenters. The van der Waals surface area contributed by atoms with Gasteiger partial charge in [-0.05, 0) is 58.0 Å². The molecule has 3 heterocycles. The Balaban J connectivity index is 0.00000374. The molecular weight excluding hydrogens is 820 g/mol. The van der Waals surface area contributed by atoms with Gasteiger partial charge in [-0.3, -0.25) is 0 Å². The molecule has 0 unspecified atom stereocenters. The molecule has 2 aromatic heterocycles. The Morgan fingerprint density at radius 2 is 1.29 bits per heavy atom. The minimum atomic E-state index is -2.23. The molecule has 0 aliphatic carbocycles. The van der Waals surface area contributed by atoms with Crippen molar-refractivity contribution in [2.75, 3.05) is 23.5 Å². The second-order valence-electron chi connectivity index (χ2n) is 13.6. The molecule has 0 saturated carbocycles. The number of rotatable bonds is 6. The van der Waals surface area contributed by atoms with Gasteiger partial charge in [0.25, 0.3) is 0 Å². The van der Waals surface area contributed by atoms with Gasteiger partial charge in [0.2, 0.25) is 0 Å². The number of pyridine rings is 1. The third-order valence-corrected chi connectivity index (χ3v) is 13.5. The number of hydrogen-bond donors (Lipinski definition) is 0. The summed E-state index contributed by atoms with van der Waals surface area (Å²) in [5.74, 6) is 0.884. The number of aromatic nitrogens is 2. The van der Waals surface area contributed by atoms with Crippen LogP contribution in [-0.2, 0) is 21.1 Å². The number of hydrogen-bond acceptors (Lipinski definition) is 3. The first-order chi connectivity index (χ1) is 24.5. The molecule has 1 aliphatic heterocycles. The van der Waals surface area contributed by atoms with Crippen LogP contribution in [0.2, 0.25) is 13.1 Å². The van der Waals surface area contributed by atoms with Crippen LogP contribution in [-0.4, -0.2) is 31.3 Å². The van der Waals surface area contributed by atoms with E-state index in [9.17, 15) is 0 Å². The molecule has 0 spiro atoms. The van der Waals surface area contributed by atoms with E-state index in [1.807, 2.05) is 6.20 Å². The van der Waals surface area contributed by atoms with Crippen molar-refractivity contribution in [3.05, 3.63) is 164 Å². The maximum Gasteiger partial charge on any atom is 2.00 e. The SMILES string of the molecule is CN1CN(c2[c-]c([Si](C)(C)c3[c-]c4c(cc3)c3ccccc3n4-c3cc(-c4ccccc4-c4ccccc4)ccn3)ccc2)c2ccccc21.[Pt+2]. The maximum atomic E-state index is 4.98. The van der Waals surface area contributed by atoms with E-state index in [0.29, 0.717) is 0 Å². The molecule has 51 heavy (non-hydrogen) atoms. The first-order valence-electron chi connectivity index (χ1n) is 17.1. The minimum absolute atomic E-state index is 0. The van der Waals surface area contributed by atoms with Crippen molar-refractivity contribution in [3.8, 4) is 28.1 Å². The van der Waals surface area contributed by atoms with Gasteiger partial charge in [-0.25, -0.2) is 4.98 Å². The van der Waals surface area contributed by atoms with Crippen LogP contribution in [0.4, 0.5) is 17.1 Å². The average Bonchev–Trinajstić information content (AvgIpc) is 3.69. The van der Waals surface area contributed by atoms with Gasteiger partial charge in [-0.1, -0.05) is 109 Å². The van der Waals surface area contributed by atoms with Gasteiger partial charge in [-0.15, -0.1) is 11.5 Å². The molecule has 0 amide bonds. The zero-order valence-electron chi connectivity index (χ0n) is 28.7. The van der Waals surface area contributed by atoms with Crippen LogP contribution in [0.3, 0.4) is 0 Å². The Hall–Kier alpha value is -5.22. The summed E-state index contributed by atoms with van der Waals surface area (Å²) in [6.45, 7) is 5.63. The van der Waals surface area contributed by atoms with Crippen molar-refractivity contribution in [1.29, 1.82) is 0 Å². The Bertz CT molecular complexity index is 2540. The molecule has 8 aromatic rings. The number of nitrogens with zero attached hydrogens (tertiary/aromatic N) is 4. The quantitative estimate of drug-likeness (QED) is 0.123. The van der Waals surface area contributed by atoms with Crippen molar-refractivity contribution < 1.29 is 21.1 Å². The fourth-order valence-electron chi connectivity index (χ4n) is 7.52. The number of benzene rings is 6. The van der Waals surface area contributed by atoms with Gasteiger partial charge in [0.1, 0.15) is 5.82 Å². The fraction of sp³-hybridized carbons (Fsp3) is 0.0889. The normalized spacial score (nSPS) is 12.7. The van der Waals surface area contributed by atoms with E-state index < -0.39 is 8.07 Å². The summed E-state index contributed by atoms with van der Waals surface area (Å²) < 4.78 is 2.30. The van der Waals surface area contributed by atoms with Crippen LogP contribution in [0.1, 0.15) is 0 Å². The predicted molar refractivity (Wildman–Crippen MR) is 212 cm³/mol. The first-order valence-corrected chi connectivity index (χ1v) is 20.1. The molecule has 0 saturated heterocycles. The van der Waals surface area contributed by atoms with E-state index in [0.717, 1.165) is 34.8 Å².